The molecule has 0 saturated heterocycles. The number of anilines is 1. The molecule has 17 heavy (non-hydrogen) atoms. The molecule has 5 nitrogen and oxygen atoms in total. The summed E-state index contributed by atoms with van der Waals surface area (Å²) in [5.74, 6) is -0.237. The summed E-state index contributed by atoms with van der Waals surface area (Å²) >= 11 is 0. The Balaban J connectivity index is 3.62. The quantitative estimate of drug-likeness (QED) is 0.727. The van der Waals surface area contributed by atoms with Crippen LogP contribution in [0.25, 0.3) is 0 Å². The minimum absolute atomic E-state index is 0.194. The van der Waals surface area contributed by atoms with Gasteiger partial charge in [0.1, 0.15) is 5.56 Å². The smallest absolute Gasteiger partial charge is 0.280 e. The fourth-order valence-electron chi connectivity index (χ4n) is 1.59. The molecule has 5 heteroatoms. The molecule has 0 radical (unpaired) electrons. The summed E-state index contributed by atoms with van der Waals surface area (Å²) < 4.78 is 1.34. The Labute approximate surface area is 101 Å². The monoisotopic (exact) mass is 237 g/mol. The summed E-state index contributed by atoms with van der Waals surface area (Å²) in [4.78, 5) is 25.6. The normalized spacial score (nSPS) is 11.4. The molecule has 1 rings (SSSR count). The second-order valence-corrected chi connectivity index (χ2v) is 5.24. The van der Waals surface area contributed by atoms with E-state index in [1.54, 1.807) is 25.2 Å². The largest absolute Gasteiger partial charge is 0.376 e. The van der Waals surface area contributed by atoms with Crippen molar-refractivity contribution in [2.75, 3.05) is 19.0 Å². The molecule has 0 aliphatic carbocycles. The molecule has 0 aliphatic rings. The highest BCUT2D eigenvalue weighted by Crippen LogP contribution is 2.16. The minimum Gasteiger partial charge on any atom is -0.376 e. The van der Waals surface area contributed by atoms with Gasteiger partial charge in [-0.05, 0) is 27.7 Å². The summed E-state index contributed by atoms with van der Waals surface area (Å²) in [6.45, 7) is 7.03. The number of nitrogens with zero attached hydrogens (tertiary/aromatic N) is 3. The summed E-state index contributed by atoms with van der Waals surface area (Å²) in [5, 5.41) is 4.12. The highest BCUT2D eigenvalue weighted by atomic mass is 16.2. The Bertz CT molecular complexity index is 495. The highest BCUT2D eigenvalue weighted by Gasteiger charge is 2.22. The van der Waals surface area contributed by atoms with Gasteiger partial charge in [0.15, 0.2) is 5.78 Å². The van der Waals surface area contributed by atoms with Crippen molar-refractivity contribution in [2.24, 2.45) is 0 Å². The Morgan fingerprint density at radius 2 is 1.88 bits per heavy atom. The molecule has 0 saturated carbocycles. The number of carbonyl (C=O) groups excluding carboxylic acids is 1. The van der Waals surface area contributed by atoms with E-state index >= 15 is 0 Å². The topological polar surface area (TPSA) is 55.2 Å². The summed E-state index contributed by atoms with van der Waals surface area (Å²) in [6, 6.07) is 0. The van der Waals surface area contributed by atoms with Gasteiger partial charge in [-0.25, -0.2) is 4.68 Å². The van der Waals surface area contributed by atoms with Crippen LogP contribution in [0.4, 0.5) is 5.69 Å². The van der Waals surface area contributed by atoms with Gasteiger partial charge >= 0.3 is 0 Å². The van der Waals surface area contributed by atoms with Crippen molar-refractivity contribution in [2.45, 2.75) is 33.2 Å². The van der Waals surface area contributed by atoms with E-state index in [2.05, 4.69) is 5.10 Å². The molecule has 0 fully saturated rings. The van der Waals surface area contributed by atoms with Gasteiger partial charge in [-0.15, -0.1) is 0 Å². The van der Waals surface area contributed by atoms with Gasteiger partial charge in [-0.1, -0.05) is 0 Å². The first-order valence-electron chi connectivity index (χ1n) is 5.47. The second-order valence-electron chi connectivity index (χ2n) is 5.24. The van der Waals surface area contributed by atoms with Crippen molar-refractivity contribution < 1.29 is 4.79 Å². The predicted molar refractivity (Wildman–Crippen MR) is 67.8 cm³/mol. The van der Waals surface area contributed by atoms with Crippen LogP contribution >= 0.6 is 0 Å². The first-order chi connectivity index (χ1) is 7.66. The summed E-state index contributed by atoms with van der Waals surface area (Å²) in [7, 11) is 3.56. The van der Waals surface area contributed by atoms with E-state index in [-0.39, 0.29) is 16.9 Å². The molecule has 0 N–H and O–H groups in total. The van der Waals surface area contributed by atoms with E-state index in [4.69, 9.17) is 0 Å². The standard InChI is InChI=1S/C12H19N3O2/c1-8(16)10-9(14(5)6)7-13-15(11(10)17)12(2,3)4/h7H,1-6H3. The van der Waals surface area contributed by atoms with E-state index in [0.29, 0.717) is 5.69 Å². The van der Waals surface area contributed by atoms with Crippen LogP contribution in [-0.2, 0) is 5.54 Å². The third kappa shape index (κ3) is 2.54. The molecule has 0 unspecified atom stereocenters. The zero-order chi connectivity index (χ0) is 13.4. The van der Waals surface area contributed by atoms with Gasteiger partial charge in [-0.3, -0.25) is 9.59 Å². The van der Waals surface area contributed by atoms with Crippen LogP contribution in [0.1, 0.15) is 38.1 Å². The molecule has 0 atom stereocenters. The lowest BCUT2D eigenvalue weighted by atomic mass is 10.1. The molecule has 0 aromatic carbocycles. The Hall–Kier alpha value is -1.65. The molecule has 0 amide bonds. The van der Waals surface area contributed by atoms with Crippen molar-refractivity contribution in [3.8, 4) is 0 Å². The average Bonchev–Trinajstić information content (AvgIpc) is 2.13. The van der Waals surface area contributed by atoms with Gasteiger partial charge in [0.2, 0.25) is 0 Å². The van der Waals surface area contributed by atoms with E-state index in [1.807, 2.05) is 20.8 Å². The molecule has 1 heterocycles. The number of aromatic nitrogens is 2. The van der Waals surface area contributed by atoms with Crippen molar-refractivity contribution in [3.63, 3.8) is 0 Å². The molecule has 1 aromatic rings. The number of rotatable bonds is 2. The SMILES string of the molecule is CC(=O)c1c(N(C)C)cnn(C(C)(C)C)c1=O. The second kappa shape index (κ2) is 4.31. The molecule has 0 spiro atoms. The maximum atomic E-state index is 12.2. The van der Waals surface area contributed by atoms with Crippen LogP contribution in [0.2, 0.25) is 0 Å². The molecular weight excluding hydrogens is 218 g/mol. The predicted octanol–water partition coefficient (Wildman–Crippen LogP) is 1.27. The van der Waals surface area contributed by atoms with Gasteiger partial charge in [0.25, 0.3) is 5.56 Å². The van der Waals surface area contributed by atoms with Crippen molar-refractivity contribution in [1.82, 2.24) is 9.78 Å². The van der Waals surface area contributed by atoms with Gasteiger partial charge < -0.3 is 4.90 Å². The van der Waals surface area contributed by atoms with E-state index in [1.165, 1.54) is 11.6 Å². The van der Waals surface area contributed by atoms with Gasteiger partial charge in [-0.2, -0.15) is 5.10 Å². The van der Waals surface area contributed by atoms with Crippen molar-refractivity contribution in [1.29, 1.82) is 0 Å². The van der Waals surface area contributed by atoms with Crippen LogP contribution in [0.5, 0.6) is 0 Å². The van der Waals surface area contributed by atoms with Gasteiger partial charge in [0, 0.05) is 14.1 Å². The van der Waals surface area contributed by atoms with E-state index < -0.39 is 5.54 Å². The van der Waals surface area contributed by atoms with Crippen LogP contribution in [0.15, 0.2) is 11.0 Å². The zero-order valence-corrected chi connectivity index (χ0v) is 11.2. The highest BCUT2D eigenvalue weighted by molar-refractivity contribution is 5.99. The van der Waals surface area contributed by atoms with Crippen molar-refractivity contribution >= 4 is 11.5 Å². The lowest BCUT2D eigenvalue weighted by Crippen LogP contribution is -2.39. The lowest BCUT2D eigenvalue weighted by Gasteiger charge is -2.23. The number of carbonyl (C=O) groups is 1. The Morgan fingerprint density at radius 3 is 2.24 bits per heavy atom. The van der Waals surface area contributed by atoms with Crippen LogP contribution in [0, 0.1) is 0 Å². The van der Waals surface area contributed by atoms with E-state index in [9.17, 15) is 9.59 Å². The third-order valence-corrected chi connectivity index (χ3v) is 2.43. The number of ketones is 1. The molecule has 94 valence electrons. The molecule has 1 aromatic heterocycles. The Morgan fingerprint density at radius 1 is 1.35 bits per heavy atom. The third-order valence-electron chi connectivity index (χ3n) is 2.43. The first-order valence-corrected chi connectivity index (χ1v) is 5.47. The molecular formula is C12H19N3O2. The summed E-state index contributed by atoms with van der Waals surface area (Å²) in [5.41, 5.74) is -0.0225. The zero-order valence-electron chi connectivity index (χ0n) is 11.2. The first kappa shape index (κ1) is 13.4. The molecule has 0 bridgehead atoms. The number of hydrogen-bond acceptors (Lipinski definition) is 4. The maximum Gasteiger partial charge on any atom is 0.280 e. The van der Waals surface area contributed by atoms with Crippen LogP contribution < -0.4 is 10.5 Å². The fourth-order valence-corrected chi connectivity index (χ4v) is 1.59. The van der Waals surface area contributed by atoms with Gasteiger partial charge in [0.05, 0.1) is 17.4 Å². The van der Waals surface area contributed by atoms with E-state index in [0.717, 1.165) is 0 Å². The lowest BCUT2D eigenvalue weighted by molar-refractivity contribution is 0.101. The Kier molecular flexibility index (Phi) is 3.40. The fraction of sp³-hybridized carbons (Fsp3) is 0.583. The number of hydrogen-bond donors (Lipinski definition) is 0. The number of Topliss-reactive ketones (excluding diaryl/α,β-unsaturated/α-hetero) is 1. The molecule has 0 aliphatic heterocycles. The minimum atomic E-state index is -0.438. The van der Waals surface area contributed by atoms with Crippen LogP contribution in [-0.4, -0.2) is 29.7 Å². The van der Waals surface area contributed by atoms with Crippen LogP contribution in [0.3, 0.4) is 0 Å². The maximum absolute atomic E-state index is 12.2. The van der Waals surface area contributed by atoms with Crippen molar-refractivity contribution in [3.05, 3.63) is 22.1 Å². The average molecular weight is 237 g/mol. The summed E-state index contributed by atoms with van der Waals surface area (Å²) in [6.07, 6.45) is 1.56.